The number of quaternary nitrogens is 1. The molecular formula is C6H10ClN3O6. The molecule has 0 fully saturated rings. The van der Waals surface area contributed by atoms with Crippen molar-refractivity contribution in [1.82, 2.24) is 9.97 Å². The van der Waals surface area contributed by atoms with E-state index in [1.54, 1.807) is 6.20 Å². The Labute approximate surface area is 91.9 Å². The van der Waals surface area contributed by atoms with Gasteiger partial charge >= 0.3 is 5.97 Å². The van der Waals surface area contributed by atoms with E-state index in [4.69, 9.17) is 23.7 Å². The number of aromatic nitrogens is 2. The number of aromatic amines is 1. The highest BCUT2D eigenvalue weighted by Crippen LogP contribution is 1.94. The fraction of sp³-hybridized carbons (Fsp3) is 0.333. The second kappa shape index (κ2) is 6.37. The molecule has 0 aliphatic carbocycles. The van der Waals surface area contributed by atoms with Crippen LogP contribution in [0.5, 0.6) is 0 Å². The molecule has 0 spiro atoms. The van der Waals surface area contributed by atoms with Crippen molar-refractivity contribution in [2.45, 2.75) is 12.5 Å². The van der Waals surface area contributed by atoms with Crippen molar-refractivity contribution in [2.24, 2.45) is 0 Å². The van der Waals surface area contributed by atoms with Crippen molar-refractivity contribution in [3.63, 3.8) is 0 Å². The summed E-state index contributed by atoms with van der Waals surface area (Å²) in [6, 6.07) is -0.601. The van der Waals surface area contributed by atoms with Crippen molar-refractivity contribution in [3.05, 3.63) is 18.2 Å². The number of H-pyrrole nitrogens is 1. The summed E-state index contributed by atoms with van der Waals surface area (Å²) in [4.78, 5) is 16.9. The summed E-state index contributed by atoms with van der Waals surface area (Å²) in [6.07, 6.45) is 3.51. The first-order valence-electron chi connectivity index (χ1n) is 3.85. The van der Waals surface area contributed by atoms with Gasteiger partial charge in [0, 0.05) is 11.9 Å². The van der Waals surface area contributed by atoms with Gasteiger partial charge in [0.1, 0.15) is 0 Å². The third-order valence-electron chi connectivity index (χ3n) is 1.37. The molecule has 16 heavy (non-hydrogen) atoms. The predicted octanol–water partition coefficient (Wildman–Crippen LogP) is -6.11. The highest BCUT2D eigenvalue weighted by molar-refractivity contribution is 5.71. The van der Waals surface area contributed by atoms with Gasteiger partial charge in [-0.3, -0.25) is 0 Å². The Hall–Kier alpha value is -1.23. The van der Waals surface area contributed by atoms with E-state index in [9.17, 15) is 4.79 Å². The minimum atomic E-state index is -4.94. The molecule has 0 bridgehead atoms. The van der Waals surface area contributed by atoms with E-state index in [0.717, 1.165) is 5.69 Å². The number of nitrogens with one attached hydrogen (secondary N) is 1. The highest BCUT2D eigenvalue weighted by Gasteiger charge is 2.16. The summed E-state index contributed by atoms with van der Waals surface area (Å²) >= 11 is 0. The maximum absolute atomic E-state index is 10.3. The second-order valence-electron chi connectivity index (χ2n) is 2.69. The number of carboxylic acid groups (broad SMARTS) is 1. The van der Waals surface area contributed by atoms with Gasteiger partial charge in [-0.1, -0.05) is 0 Å². The summed E-state index contributed by atoms with van der Waals surface area (Å²) in [7, 11) is -4.94. The van der Waals surface area contributed by atoms with E-state index in [1.165, 1.54) is 6.33 Å². The van der Waals surface area contributed by atoms with Crippen molar-refractivity contribution in [2.75, 3.05) is 0 Å². The number of hydrogen-bond donors (Lipinski definition) is 3. The summed E-state index contributed by atoms with van der Waals surface area (Å²) in [6.45, 7) is 0. The zero-order valence-corrected chi connectivity index (χ0v) is 8.72. The Morgan fingerprint density at radius 3 is 2.38 bits per heavy atom. The molecule has 0 aliphatic rings. The molecule has 1 aromatic rings. The van der Waals surface area contributed by atoms with E-state index < -0.39 is 22.3 Å². The molecule has 1 unspecified atom stereocenters. The third-order valence-corrected chi connectivity index (χ3v) is 1.37. The molecule has 0 saturated heterocycles. The Morgan fingerprint density at radius 1 is 1.56 bits per heavy atom. The minimum Gasteiger partial charge on any atom is -0.477 e. The number of halogens is 1. The van der Waals surface area contributed by atoms with Gasteiger partial charge in [-0.2, -0.15) is 0 Å². The number of imidazole rings is 1. The SMILES string of the molecule is [NH3+]C(Cc1cnc[nH]1)C(=O)O.[O-][Cl+3]([O-])([O-])[O-]. The molecule has 92 valence electrons. The normalized spacial score (nSPS) is 12.6. The van der Waals surface area contributed by atoms with E-state index in [-0.39, 0.29) is 0 Å². The zero-order chi connectivity index (χ0) is 12.8. The van der Waals surface area contributed by atoms with Crippen molar-refractivity contribution < 1.29 is 44.5 Å². The molecule has 1 heterocycles. The third kappa shape index (κ3) is 9.33. The van der Waals surface area contributed by atoms with Crippen LogP contribution in [0.25, 0.3) is 0 Å². The maximum atomic E-state index is 10.3. The number of carbonyl (C=O) groups is 1. The molecular weight excluding hydrogens is 246 g/mol. The first-order valence-corrected chi connectivity index (χ1v) is 5.08. The molecule has 0 saturated carbocycles. The molecule has 1 aromatic heterocycles. The molecule has 0 aromatic carbocycles. The summed E-state index contributed by atoms with van der Waals surface area (Å²) in [5.41, 5.74) is 4.26. The van der Waals surface area contributed by atoms with Gasteiger partial charge in [-0.15, -0.1) is 10.2 Å². The lowest BCUT2D eigenvalue weighted by Crippen LogP contribution is -2.68. The van der Waals surface area contributed by atoms with Gasteiger partial charge in [0.05, 0.1) is 12.7 Å². The average Bonchev–Trinajstić information content (AvgIpc) is 2.53. The van der Waals surface area contributed by atoms with Crippen LogP contribution >= 0.6 is 0 Å². The van der Waals surface area contributed by atoms with E-state index in [0.29, 0.717) is 6.42 Å². The van der Waals surface area contributed by atoms with Crippen molar-refractivity contribution in [3.8, 4) is 0 Å². The first kappa shape index (κ1) is 14.8. The number of carboxylic acids is 1. The zero-order valence-electron chi connectivity index (χ0n) is 7.96. The lowest BCUT2D eigenvalue weighted by atomic mass is 10.2. The minimum absolute atomic E-state index is 0.398. The summed E-state index contributed by atoms with van der Waals surface area (Å²) in [5, 5.41) is 8.48. The van der Waals surface area contributed by atoms with Crippen molar-refractivity contribution in [1.29, 1.82) is 0 Å². The smallest absolute Gasteiger partial charge is 0.362 e. The Bertz CT molecular complexity index is 305. The standard InChI is InChI=1S/C6H9N3O2.ClHO4/c7-5(6(10)11)1-4-2-8-3-9-4;2-1(3,4)5/h2-3,5H,1,7H2,(H,8,9)(H,10,11);(H,2,3,4,5). The van der Waals surface area contributed by atoms with Crippen LogP contribution in [0.3, 0.4) is 0 Å². The fourth-order valence-electron chi connectivity index (χ4n) is 0.749. The molecule has 9 nitrogen and oxygen atoms in total. The number of rotatable bonds is 3. The largest absolute Gasteiger partial charge is 0.477 e. The topological polar surface area (TPSA) is 186 Å². The molecule has 1 atom stereocenters. The molecule has 0 amide bonds. The van der Waals surface area contributed by atoms with Crippen molar-refractivity contribution >= 4 is 5.97 Å². The summed E-state index contributed by atoms with van der Waals surface area (Å²) < 4.78 is 34.0. The molecule has 1 rings (SSSR count). The lowest BCUT2D eigenvalue weighted by Gasteiger charge is -2.17. The van der Waals surface area contributed by atoms with Gasteiger partial charge < -0.3 is 15.8 Å². The van der Waals surface area contributed by atoms with E-state index in [2.05, 4.69) is 15.7 Å². The van der Waals surface area contributed by atoms with Crippen LogP contribution in [-0.2, 0) is 11.2 Å². The van der Waals surface area contributed by atoms with Crippen LogP contribution in [0.15, 0.2) is 12.5 Å². The molecule has 0 radical (unpaired) electrons. The van der Waals surface area contributed by atoms with Crippen LogP contribution < -0.4 is 24.4 Å². The Kier molecular flexibility index (Phi) is 5.88. The van der Waals surface area contributed by atoms with Crippen LogP contribution in [0.1, 0.15) is 5.69 Å². The van der Waals surface area contributed by atoms with E-state index in [1.807, 2.05) is 0 Å². The molecule has 10 heteroatoms. The Balaban J connectivity index is 0.000000385. The quantitative estimate of drug-likeness (QED) is 0.479. The van der Waals surface area contributed by atoms with E-state index >= 15 is 0 Å². The first-order chi connectivity index (χ1) is 7.20. The average molecular weight is 256 g/mol. The summed E-state index contributed by atoms with van der Waals surface area (Å²) in [5.74, 6) is -0.889. The Morgan fingerprint density at radius 2 is 2.06 bits per heavy atom. The number of nitrogens with zero attached hydrogens (tertiary/aromatic N) is 1. The molecule has 0 aliphatic heterocycles. The fourth-order valence-corrected chi connectivity index (χ4v) is 0.749. The monoisotopic (exact) mass is 255 g/mol. The lowest BCUT2D eigenvalue weighted by molar-refractivity contribution is -2.00. The number of hydrogen-bond acceptors (Lipinski definition) is 6. The number of aliphatic carboxylic acids is 1. The van der Waals surface area contributed by atoms with Gasteiger partial charge in [0.15, 0.2) is 6.04 Å². The van der Waals surface area contributed by atoms with Gasteiger partial charge in [-0.25, -0.2) is 28.4 Å². The predicted molar refractivity (Wildman–Crippen MR) is 36.6 cm³/mol. The van der Waals surface area contributed by atoms with Gasteiger partial charge in [0.2, 0.25) is 0 Å². The maximum Gasteiger partial charge on any atom is 0.362 e. The highest BCUT2D eigenvalue weighted by atomic mass is 35.7. The van der Waals surface area contributed by atoms with Crippen LogP contribution in [0.2, 0.25) is 0 Å². The second-order valence-corrected chi connectivity index (χ2v) is 3.45. The molecule has 5 N–H and O–H groups in total. The van der Waals surface area contributed by atoms with Crippen LogP contribution in [0.4, 0.5) is 0 Å². The van der Waals surface area contributed by atoms with Gasteiger partial charge in [-0.05, 0) is 0 Å². The van der Waals surface area contributed by atoms with Crippen LogP contribution in [-0.4, -0.2) is 27.1 Å². The van der Waals surface area contributed by atoms with Gasteiger partial charge in [0.25, 0.3) is 0 Å². The van der Waals surface area contributed by atoms with Crippen LogP contribution in [0, 0.1) is 10.2 Å².